The average molecular weight is 347 g/mol. The Bertz CT molecular complexity index is 657. The molecule has 0 aliphatic carbocycles. The van der Waals surface area contributed by atoms with Crippen LogP contribution in [0, 0.1) is 0 Å². The molecule has 0 radical (unpaired) electrons. The first-order valence-corrected chi connectivity index (χ1v) is 9.94. The highest BCUT2D eigenvalue weighted by Crippen LogP contribution is 2.28. The molecule has 0 aromatic carbocycles. The van der Waals surface area contributed by atoms with E-state index >= 15 is 0 Å². The topological polar surface area (TPSA) is 58.9 Å². The highest BCUT2D eigenvalue weighted by molar-refractivity contribution is 7.13. The molecule has 6 nitrogen and oxygen atoms in total. The lowest BCUT2D eigenvalue weighted by Crippen LogP contribution is -2.44. The molecule has 2 aromatic heterocycles. The lowest BCUT2D eigenvalue weighted by atomic mass is 10.0. The second-order valence-electron chi connectivity index (χ2n) is 7.14. The molecule has 130 valence electrons. The average Bonchev–Trinajstić information content (AvgIpc) is 3.26. The summed E-state index contributed by atoms with van der Waals surface area (Å²) in [5.74, 6) is 2.52. The normalized spacial score (nSPS) is 22.1. The fourth-order valence-electron chi connectivity index (χ4n) is 3.67. The van der Waals surface area contributed by atoms with Crippen molar-refractivity contribution in [2.45, 2.75) is 64.1 Å². The second-order valence-corrected chi connectivity index (χ2v) is 8.02. The van der Waals surface area contributed by atoms with E-state index in [-0.39, 0.29) is 0 Å². The first-order valence-electron chi connectivity index (χ1n) is 9.06. The number of rotatable bonds is 4. The van der Waals surface area contributed by atoms with Crippen molar-refractivity contribution in [2.75, 3.05) is 18.0 Å². The van der Waals surface area contributed by atoms with Crippen molar-refractivity contribution in [3.8, 4) is 0 Å². The Labute approximate surface area is 147 Å². The first kappa shape index (κ1) is 16.0. The summed E-state index contributed by atoms with van der Waals surface area (Å²) in [6.07, 6.45) is 6.58. The van der Waals surface area contributed by atoms with Crippen LogP contribution in [0.3, 0.4) is 0 Å². The van der Waals surface area contributed by atoms with Gasteiger partial charge in [-0.15, -0.1) is 11.3 Å². The third kappa shape index (κ3) is 3.19. The van der Waals surface area contributed by atoms with Gasteiger partial charge in [-0.3, -0.25) is 0 Å². The maximum atomic E-state index is 4.82. The van der Waals surface area contributed by atoms with Crippen LogP contribution in [0.4, 0.5) is 5.13 Å². The van der Waals surface area contributed by atoms with Gasteiger partial charge in [-0.2, -0.15) is 5.10 Å². The molecule has 2 aliphatic heterocycles. The fraction of sp³-hybridized carbons (Fsp3) is 0.706. The van der Waals surface area contributed by atoms with E-state index in [1.807, 2.05) is 6.20 Å². The predicted octanol–water partition coefficient (Wildman–Crippen LogP) is 2.95. The van der Waals surface area contributed by atoms with Gasteiger partial charge in [-0.05, 0) is 25.7 Å². The Morgan fingerprint density at radius 1 is 1.21 bits per heavy atom. The fourth-order valence-corrected chi connectivity index (χ4v) is 4.36. The lowest BCUT2D eigenvalue weighted by molar-refractivity contribution is 0.307. The molecular weight excluding hydrogens is 320 g/mol. The molecule has 24 heavy (non-hydrogen) atoms. The highest BCUT2D eigenvalue weighted by Gasteiger charge is 2.29. The minimum Gasteiger partial charge on any atom is -0.348 e. The van der Waals surface area contributed by atoms with Crippen LogP contribution in [-0.2, 0) is 6.54 Å². The quantitative estimate of drug-likeness (QED) is 0.922. The number of piperidine rings is 1. The molecule has 4 heterocycles. The number of nitrogens with zero attached hydrogens (tertiary/aromatic N) is 5. The van der Waals surface area contributed by atoms with Crippen LogP contribution in [0.2, 0.25) is 0 Å². The lowest BCUT2D eigenvalue weighted by Gasteiger charge is -2.35. The summed E-state index contributed by atoms with van der Waals surface area (Å²) in [6.45, 7) is 7.51. The SMILES string of the molecule is CC(C)c1nc2n(n1)CCC[C@H]2NC1CCN(c2nccs2)CC1. The maximum absolute atomic E-state index is 4.82. The molecule has 0 unspecified atom stereocenters. The zero-order chi connectivity index (χ0) is 16.5. The van der Waals surface area contributed by atoms with Crippen LogP contribution >= 0.6 is 11.3 Å². The number of fused-ring (bicyclic) bond motifs is 1. The first-order chi connectivity index (χ1) is 11.7. The third-order valence-corrected chi connectivity index (χ3v) is 5.86. The molecule has 4 rings (SSSR count). The van der Waals surface area contributed by atoms with E-state index in [9.17, 15) is 0 Å². The molecule has 0 spiro atoms. The van der Waals surface area contributed by atoms with Gasteiger partial charge in [0.15, 0.2) is 11.0 Å². The number of nitrogens with one attached hydrogen (secondary N) is 1. The van der Waals surface area contributed by atoms with E-state index in [2.05, 4.69) is 44.2 Å². The van der Waals surface area contributed by atoms with Gasteiger partial charge in [-0.25, -0.2) is 14.6 Å². The van der Waals surface area contributed by atoms with Gasteiger partial charge in [0, 0.05) is 43.2 Å². The van der Waals surface area contributed by atoms with Crippen molar-refractivity contribution in [1.29, 1.82) is 0 Å². The summed E-state index contributed by atoms with van der Waals surface area (Å²) in [5.41, 5.74) is 0. The Morgan fingerprint density at radius 3 is 2.75 bits per heavy atom. The van der Waals surface area contributed by atoms with Crippen molar-refractivity contribution in [3.63, 3.8) is 0 Å². The van der Waals surface area contributed by atoms with E-state index in [4.69, 9.17) is 4.98 Å². The number of hydrogen-bond donors (Lipinski definition) is 1. The summed E-state index contributed by atoms with van der Waals surface area (Å²) < 4.78 is 2.13. The van der Waals surface area contributed by atoms with Crippen LogP contribution in [0.1, 0.15) is 63.1 Å². The van der Waals surface area contributed by atoms with Crippen LogP contribution < -0.4 is 10.2 Å². The minimum absolute atomic E-state index is 0.357. The molecule has 1 N–H and O–H groups in total. The molecule has 1 atom stereocenters. The van der Waals surface area contributed by atoms with Crippen molar-refractivity contribution < 1.29 is 0 Å². The smallest absolute Gasteiger partial charge is 0.185 e. The molecule has 0 bridgehead atoms. The van der Waals surface area contributed by atoms with Crippen LogP contribution in [0.5, 0.6) is 0 Å². The molecular formula is C17H26N6S. The summed E-state index contributed by atoms with van der Waals surface area (Å²) in [5, 5.41) is 11.8. The number of aromatic nitrogens is 4. The van der Waals surface area contributed by atoms with E-state index in [0.717, 1.165) is 36.4 Å². The monoisotopic (exact) mass is 346 g/mol. The molecule has 2 aliphatic rings. The molecule has 7 heteroatoms. The standard InChI is InChI=1S/C17H26N6S/c1-12(2)15-20-16-14(4-3-8-23(16)21-15)19-13-5-9-22(10-6-13)17-18-7-11-24-17/h7,11-14,19H,3-6,8-10H2,1-2H3/t14-/m1/s1. The summed E-state index contributed by atoms with van der Waals surface area (Å²) >= 11 is 1.74. The van der Waals surface area contributed by atoms with Crippen molar-refractivity contribution in [2.24, 2.45) is 0 Å². The largest absolute Gasteiger partial charge is 0.348 e. The third-order valence-electron chi connectivity index (χ3n) is 5.03. The minimum atomic E-state index is 0.357. The van der Waals surface area contributed by atoms with Gasteiger partial charge < -0.3 is 10.2 Å². The number of aryl methyl sites for hydroxylation is 1. The van der Waals surface area contributed by atoms with Crippen LogP contribution in [0.15, 0.2) is 11.6 Å². The highest BCUT2D eigenvalue weighted by atomic mass is 32.1. The zero-order valence-corrected chi connectivity index (χ0v) is 15.3. The van der Waals surface area contributed by atoms with Gasteiger partial charge in [0.2, 0.25) is 0 Å². The van der Waals surface area contributed by atoms with E-state index in [1.54, 1.807) is 11.3 Å². The van der Waals surface area contributed by atoms with Crippen LogP contribution in [-0.4, -0.2) is 38.9 Å². The van der Waals surface area contributed by atoms with E-state index in [0.29, 0.717) is 18.0 Å². The van der Waals surface area contributed by atoms with Gasteiger partial charge in [0.05, 0.1) is 6.04 Å². The molecule has 1 fully saturated rings. The Morgan fingerprint density at radius 2 is 2.04 bits per heavy atom. The molecule has 0 amide bonds. The van der Waals surface area contributed by atoms with Gasteiger partial charge in [0.1, 0.15) is 5.82 Å². The summed E-state index contributed by atoms with van der Waals surface area (Å²) in [4.78, 5) is 11.7. The number of anilines is 1. The van der Waals surface area contributed by atoms with Gasteiger partial charge in [0.25, 0.3) is 0 Å². The molecule has 1 saturated heterocycles. The van der Waals surface area contributed by atoms with E-state index in [1.165, 1.54) is 25.7 Å². The molecule has 2 aromatic rings. The second kappa shape index (κ2) is 6.80. The number of thiazole rings is 1. The molecule has 0 saturated carbocycles. The van der Waals surface area contributed by atoms with Crippen molar-refractivity contribution in [3.05, 3.63) is 23.2 Å². The van der Waals surface area contributed by atoms with Crippen LogP contribution in [0.25, 0.3) is 0 Å². The van der Waals surface area contributed by atoms with Gasteiger partial charge in [-0.1, -0.05) is 13.8 Å². The Hall–Kier alpha value is -1.47. The van der Waals surface area contributed by atoms with E-state index < -0.39 is 0 Å². The van der Waals surface area contributed by atoms with Crippen molar-refractivity contribution in [1.82, 2.24) is 25.1 Å². The maximum Gasteiger partial charge on any atom is 0.185 e. The predicted molar refractivity (Wildman–Crippen MR) is 96.6 cm³/mol. The number of hydrogen-bond acceptors (Lipinski definition) is 6. The van der Waals surface area contributed by atoms with Gasteiger partial charge >= 0.3 is 0 Å². The zero-order valence-electron chi connectivity index (χ0n) is 14.5. The summed E-state index contributed by atoms with van der Waals surface area (Å²) in [7, 11) is 0. The Balaban J connectivity index is 1.39. The Kier molecular flexibility index (Phi) is 4.54. The van der Waals surface area contributed by atoms with Crippen molar-refractivity contribution >= 4 is 16.5 Å². The summed E-state index contributed by atoms with van der Waals surface area (Å²) in [6, 6.07) is 0.923.